The molecular weight excluding hydrogens is 430 g/mol. The van der Waals surface area contributed by atoms with Crippen molar-refractivity contribution in [3.63, 3.8) is 0 Å². The number of benzene rings is 2. The number of carbonyl (C=O) groups excluding carboxylic acids is 2. The van der Waals surface area contributed by atoms with Crippen molar-refractivity contribution in [3.8, 4) is 0 Å². The maximum absolute atomic E-state index is 12.6. The zero-order valence-electron chi connectivity index (χ0n) is 16.4. The Hall–Kier alpha value is -3.35. The maximum atomic E-state index is 12.6. The van der Waals surface area contributed by atoms with Crippen LogP contribution in [0.2, 0.25) is 0 Å². The molecule has 11 nitrogen and oxygen atoms in total. The summed E-state index contributed by atoms with van der Waals surface area (Å²) in [6.07, 6.45) is 0. The predicted octanol–water partition coefficient (Wildman–Crippen LogP) is 1.65. The van der Waals surface area contributed by atoms with Gasteiger partial charge in [-0.2, -0.15) is 4.31 Å². The Kier molecular flexibility index (Phi) is 6.63. The molecule has 0 atom stereocenters. The second-order valence-electron chi connectivity index (χ2n) is 6.51. The molecule has 2 aromatic rings. The van der Waals surface area contributed by atoms with Crippen molar-refractivity contribution in [1.29, 1.82) is 0 Å². The minimum absolute atomic E-state index is 0.0655. The summed E-state index contributed by atoms with van der Waals surface area (Å²) >= 11 is 0. The SMILES string of the molecule is COC(=O)c1cc(C(=O)Nc2ccc(S(=O)(=O)N3CCOCC3)cc2)cc([N+](=O)[O-])c1. The molecule has 1 fully saturated rings. The third-order valence-electron chi connectivity index (χ3n) is 4.53. The topological polar surface area (TPSA) is 145 Å². The summed E-state index contributed by atoms with van der Waals surface area (Å²) in [5.41, 5.74) is -0.439. The molecule has 0 saturated carbocycles. The molecule has 1 aliphatic rings. The van der Waals surface area contributed by atoms with Crippen molar-refractivity contribution in [2.24, 2.45) is 0 Å². The first-order valence-electron chi connectivity index (χ1n) is 9.09. The van der Waals surface area contributed by atoms with Crippen LogP contribution in [0.15, 0.2) is 47.4 Å². The monoisotopic (exact) mass is 449 g/mol. The van der Waals surface area contributed by atoms with Crippen LogP contribution < -0.4 is 5.32 Å². The summed E-state index contributed by atoms with van der Waals surface area (Å²) in [4.78, 5) is 34.7. The molecule has 164 valence electrons. The molecule has 1 aliphatic heterocycles. The van der Waals surface area contributed by atoms with Gasteiger partial charge in [-0.25, -0.2) is 13.2 Å². The lowest BCUT2D eigenvalue weighted by Crippen LogP contribution is -2.40. The van der Waals surface area contributed by atoms with Crippen LogP contribution >= 0.6 is 0 Å². The predicted molar refractivity (Wildman–Crippen MR) is 108 cm³/mol. The number of rotatable bonds is 6. The van der Waals surface area contributed by atoms with Crippen molar-refractivity contribution in [2.45, 2.75) is 4.90 Å². The van der Waals surface area contributed by atoms with Crippen molar-refractivity contribution in [1.82, 2.24) is 4.31 Å². The van der Waals surface area contributed by atoms with Crippen LogP contribution in [-0.2, 0) is 19.5 Å². The molecule has 1 amide bonds. The van der Waals surface area contributed by atoms with E-state index in [0.717, 1.165) is 19.2 Å². The number of non-ortho nitro benzene ring substituents is 1. The first-order chi connectivity index (χ1) is 14.7. The number of hydrogen-bond donors (Lipinski definition) is 1. The highest BCUT2D eigenvalue weighted by atomic mass is 32.2. The number of nitro groups is 1. The van der Waals surface area contributed by atoms with Crippen molar-refractivity contribution in [2.75, 3.05) is 38.7 Å². The standard InChI is InChI=1S/C19H19N3O8S/c1-29-19(24)14-10-13(11-16(12-14)22(25)26)18(23)20-15-2-4-17(5-3-15)31(27,28)21-6-8-30-9-7-21/h2-5,10-12H,6-9H2,1H3,(H,20,23). The minimum Gasteiger partial charge on any atom is -0.465 e. The fourth-order valence-corrected chi connectivity index (χ4v) is 4.34. The second kappa shape index (κ2) is 9.20. The van der Waals surface area contributed by atoms with Gasteiger partial charge in [-0.15, -0.1) is 0 Å². The van der Waals surface area contributed by atoms with E-state index in [1.165, 1.54) is 34.6 Å². The van der Waals surface area contributed by atoms with Gasteiger partial charge < -0.3 is 14.8 Å². The molecule has 0 aromatic heterocycles. The number of nitrogens with one attached hydrogen (secondary N) is 1. The molecular formula is C19H19N3O8S. The van der Waals surface area contributed by atoms with Gasteiger partial charge >= 0.3 is 5.97 Å². The largest absolute Gasteiger partial charge is 0.465 e. The van der Waals surface area contributed by atoms with Crippen LogP contribution in [0.25, 0.3) is 0 Å². The Bertz CT molecular complexity index is 1110. The van der Waals surface area contributed by atoms with E-state index in [1.807, 2.05) is 0 Å². The number of sulfonamides is 1. The Morgan fingerprint density at radius 3 is 2.29 bits per heavy atom. The Balaban J connectivity index is 1.80. The van der Waals surface area contributed by atoms with E-state index in [9.17, 15) is 28.1 Å². The van der Waals surface area contributed by atoms with Crippen LogP contribution in [0.3, 0.4) is 0 Å². The maximum Gasteiger partial charge on any atom is 0.338 e. The molecule has 0 bridgehead atoms. The molecule has 0 spiro atoms. The van der Waals surface area contributed by atoms with Gasteiger partial charge in [0.25, 0.3) is 11.6 Å². The molecule has 3 rings (SSSR count). The quantitative estimate of drug-likeness (QED) is 0.398. The number of methoxy groups -OCH3 is 1. The molecule has 12 heteroatoms. The summed E-state index contributed by atoms with van der Waals surface area (Å²) in [5, 5.41) is 13.6. The van der Waals surface area contributed by atoms with Crippen LogP contribution in [0.5, 0.6) is 0 Å². The van der Waals surface area contributed by atoms with Gasteiger partial charge in [0, 0.05) is 36.5 Å². The molecule has 0 aliphatic carbocycles. The second-order valence-corrected chi connectivity index (χ2v) is 8.45. The van der Waals surface area contributed by atoms with Gasteiger partial charge in [-0.3, -0.25) is 14.9 Å². The number of ether oxygens (including phenoxy) is 2. The molecule has 0 radical (unpaired) electrons. The highest BCUT2D eigenvalue weighted by Gasteiger charge is 2.26. The van der Waals surface area contributed by atoms with Crippen LogP contribution in [0.1, 0.15) is 20.7 Å². The molecule has 1 N–H and O–H groups in total. The number of esters is 1. The highest BCUT2D eigenvalue weighted by Crippen LogP contribution is 2.22. The Labute approximate surface area is 177 Å². The lowest BCUT2D eigenvalue weighted by atomic mass is 10.1. The van der Waals surface area contributed by atoms with Gasteiger partial charge in [-0.1, -0.05) is 0 Å². The number of nitrogens with zero attached hydrogens (tertiary/aromatic N) is 2. The normalized spacial score (nSPS) is 14.6. The van der Waals surface area contributed by atoms with E-state index >= 15 is 0 Å². The van der Waals surface area contributed by atoms with Crippen LogP contribution in [0, 0.1) is 10.1 Å². The summed E-state index contributed by atoms with van der Waals surface area (Å²) in [6.45, 7) is 1.17. The average Bonchev–Trinajstić information content (AvgIpc) is 2.79. The highest BCUT2D eigenvalue weighted by molar-refractivity contribution is 7.89. The molecule has 0 unspecified atom stereocenters. The van der Waals surface area contributed by atoms with Gasteiger partial charge in [0.05, 0.1) is 35.7 Å². The fraction of sp³-hybridized carbons (Fsp3) is 0.263. The van der Waals surface area contributed by atoms with Crippen molar-refractivity contribution >= 4 is 33.3 Å². The Morgan fingerprint density at radius 2 is 1.71 bits per heavy atom. The number of hydrogen-bond acceptors (Lipinski definition) is 8. The van der Waals surface area contributed by atoms with Gasteiger partial charge in [-0.05, 0) is 30.3 Å². The van der Waals surface area contributed by atoms with Crippen LogP contribution in [-0.4, -0.2) is 62.9 Å². The van der Waals surface area contributed by atoms with Crippen LogP contribution in [0.4, 0.5) is 11.4 Å². The lowest BCUT2D eigenvalue weighted by molar-refractivity contribution is -0.384. The van der Waals surface area contributed by atoms with Gasteiger partial charge in [0.2, 0.25) is 10.0 Å². The summed E-state index contributed by atoms with van der Waals surface area (Å²) in [5.74, 6) is -1.53. The third kappa shape index (κ3) is 5.05. The van der Waals surface area contributed by atoms with Crippen molar-refractivity contribution in [3.05, 3.63) is 63.7 Å². The lowest BCUT2D eigenvalue weighted by Gasteiger charge is -2.26. The zero-order valence-corrected chi connectivity index (χ0v) is 17.3. The number of morpholine rings is 1. The van der Waals surface area contributed by atoms with E-state index in [0.29, 0.717) is 13.2 Å². The number of carbonyl (C=O) groups is 2. The number of anilines is 1. The number of amides is 1. The first-order valence-corrected chi connectivity index (χ1v) is 10.5. The molecule has 2 aromatic carbocycles. The van der Waals surface area contributed by atoms with Gasteiger partial charge in [0.15, 0.2) is 0 Å². The van der Waals surface area contributed by atoms with E-state index in [2.05, 4.69) is 10.1 Å². The third-order valence-corrected chi connectivity index (χ3v) is 6.44. The Morgan fingerprint density at radius 1 is 1.10 bits per heavy atom. The smallest absolute Gasteiger partial charge is 0.338 e. The van der Waals surface area contributed by atoms with Gasteiger partial charge in [0.1, 0.15) is 0 Å². The average molecular weight is 449 g/mol. The molecule has 31 heavy (non-hydrogen) atoms. The van der Waals surface area contributed by atoms with E-state index in [-0.39, 0.29) is 34.8 Å². The summed E-state index contributed by atoms with van der Waals surface area (Å²) < 4.78 is 36.3. The van der Waals surface area contributed by atoms with E-state index in [1.54, 1.807) is 0 Å². The first kappa shape index (κ1) is 22.3. The summed E-state index contributed by atoms with van der Waals surface area (Å²) in [6, 6.07) is 8.73. The minimum atomic E-state index is -3.68. The van der Waals surface area contributed by atoms with E-state index < -0.39 is 32.5 Å². The van der Waals surface area contributed by atoms with E-state index in [4.69, 9.17) is 4.74 Å². The molecule has 1 heterocycles. The fourth-order valence-electron chi connectivity index (χ4n) is 2.93. The zero-order chi connectivity index (χ0) is 22.6. The molecule has 1 saturated heterocycles. The number of nitro benzene ring substituents is 1. The van der Waals surface area contributed by atoms with Crippen molar-refractivity contribution < 1.29 is 32.4 Å². The summed E-state index contributed by atoms with van der Waals surface area (Å²) in [7, 11) is -2.56.